The van der Waals surface area contributed by atoms with Crippen molar-refractivity contribution in [2.24, 2.45) is 29.6 Å². The molecule has 0 spiro atoms. The van der Waals surface area contributed by atoms with Gasteiger partial charge in [-0.15, -0.1) is 0 Å². The van der Waals surface area contributed by atoms with Crippen molar-refractivity contribution in [1.82, 2.24) is 0 Å². The van der Waals surface area contributed by atoms with E-state index < -0.39 is 5.92 Å². The van der Waals surface area contributed by atoms with Gasteiger partial charge < -0.3 is 5.11 Å². The third-order valence-electron chi connectivity index (χ3n) is 6.10. The molecule has 2 aliphatic rings. The first-order valence-electron chi connectivity index (χ1n) is 12.7. The molecule has 1 N–H and O–H groups in total. The van der Waals surface area contributed by atoms with Crippen molar-refractivity contribution < 1.29 is 9.90 Å². The lowest BCUT2D eigenvalue weighted by Gasteiger charge is -2.27. The van der Waals surface area contributed by atoms with Crippen LogP contribution in [-0.4, -0.2) is 10.9 Å². The summed E-state index contributed by atoms with van der Waals surface area (Å²) < 4.78 is 0. The Kier molecular flexibility index (Phi) is 9.03. The number of hydrogen-bond acceptors (Lipinski definition) is 3. The van der Waals surface area contributed by atoms with Crippen molar-refractivity contribution in [3.63, 3.8) is 0 Å². The van der Waals surface area contributed by atoms with Gasteiger partial charge in [0.1, 0.15) is 5.76 Å². The summed E-state index contributed by atoms with van der Waals surface area (Å²) in [6, 6.07) is 4.50. The van der Waals surface area contributed by atoms with Crippen molar-refractivity contribution >= 4 is 28.9 Å². The number of ketones is 1. The Bertz CT molecular complexity index is 997. The first-order valence-corrected chi connectivity index (χ1v) is 14.3. The fourth-order valence-corrected chi connectivity index (χ4v) is 7.03. The Morgan fingerprint density at radius 2 is 1.41 bits per heavy atom. The quantitative estimate of drug-likeness (QED) is 0.347. The van der Waals surface area contributed by atoms with Crippen LogP contribution in [0.4, 0.5) is 0 Å². The molecule has 2 nitrogen and oxygen atoms in total. The Balaban J connectivity index is 1.86. The van der Waals surface area contributed by atoms with E-state index in [2.05, 4.69) is 79.7 Å². The number of carbonyl (C=O) groups is 1. The first-order chi connectivity index (χ1) is 15.9. The maximum atomic E-state index is 13.1. The van der Waals surface area contributed by atoms with Gasteiger partial charge in [0.15, 0.2) is 5.78 Å². The molecule has 3 rings (SSSR count). The van der Waals surface area contributed by atoms with Gasteiger partial charge in [0.2, 0.25) is 21.1 Å². The van der Waals surface area contributed by atoms with Crippen LogP contribution in [0.1, 0.15) is 70.7 Å². The summed E-state index contributed by atoms with van der Waals surface area (Å²) in [7, 11) is 0. The standard InChI is InChI=1S/C30H40O2S2/c1-17(2)9-23-11-21(12-24(33-23)10-18(3)4)13-25-29(31)26(30(25)32)14-22-15-27(19(5)6)34-28(16-22)20(7)8/h11-12,14-20,25H,9-10,13H2,1-8H3/p+1. The molecule has 1 aromatic heterocycles. The molecule has 184 valence electrons. The summed E-state index contributed by atoms with van der Waals surface area (Å²) in [5.74, 6) is 1.94. The highest BCUT2D eigenvalue weighted by Gasteiger charge is 2.38. The number of thioether (sulfide) groups is 1. The normalized spacial score (nSPS) is 18.8. The van der Waals surface area contributed by atoms with E-state index in [0.717, 1.165) is 18.4 Å². The van der Waals surface area contributed by atoms with Gasteiger partial charge in [-0.05, 0) is 69.3 Å². The largest absolute Gasteiger partial charge is 0.511 e. The molecule has 0 amide bonds. The number of hydrogen-bond donors (Lipinski definition) is 1. The average Bonchev–Trinajstić information content (AvgIpc) is 2.74. The van der Waals surface area contributed by atoms with Crippen LogP contribution in [0.2, 0.25) is 0 Å². The smallest absolute Gasteiger partial charge is 0.218 e. The van der Waals surface area contributed by atoms with E-state index in [9.17, 15) is 9.90 Å². The van der Waals surface area contributed by atoms with E-state index in [1.807, 2.05) is 29.2 Å². The maximum absolute atomic E-state index is 13.1. The molecule has 0 saturated heterocycles. The lowest BCUT2D eigenvalue weighted by atomic mass is 9.77. The predicted octanol–water partition coefficient (Wildman–Crippen LogP) is 8.73. The van der Waals surface area contributed by atoms with Gasteiger partial charge in [-0.2, -0.15) is 0 Å². The molecule has 1 atom stereocenters. The fraction of sp³-hybridized carbons (Fsp3) is 0.533. The monoisotopic (exact) mass is 497 g/mol. The van der Waals surface area contributed by atoms with E-state index in [1.165, 1.54) is 25.1 Å². The number of aliphatic hydroxyl groups excluding tert-OH is 1. The summed E-state index contributed by atoms with van der Waals surface area (Å²) >= 11 is 3.73. The van der Waals surface area contributed by atoms with Gasteiger partial charge in [0, 0.05) is 25.0 Å². The number of carbonyl (C=O) groups excluding carboxylic acids is 1. The Morgan fingerprint density at radius 1 is 0.912 bits per heavy atom. The van der Waals surface area contributed by atoms with E-state index in [1.54, 1.807) is 0 Å². The zero-order chi connectivity index (χ0) is 25.2. The molecule has 1 aromatic rings. The van der Waals surface area contributed by atoms with E-state index in [0.29, 0.717) is 35.7 Å². The van der Waals surface area contributed by atoms with Crippen molar-refractivity contribution in [2.45, 2.75) is 74.7 Å². The Labute approximate surface area is 215 Å². The van der Waals surface area contributed by atoms with Crippen LogP contribution in [0, 0.1) is 29.6 Å². The lowest BCUT2D eigenvalue weighted by molar-refractivity contribution is -0.121. The van der Waals surface area contributed by atoms with Crippen LogP contribution < -0.4 is 0 Å². The number of aliphatic hydroxyl groups is 1. The Hall–Kier alpha value is -1.65. The van der Waals surface area contributed by atoms with Crippen molar-refractivity contribution in [3.05, 3.63) is 72.4 Å². The molecule has 4 heteroatoms. The van der Waals surface area contributed by atoms with Crippen molar-refractivity contribution in [1.29, 1.82) is 0 Å². The van der Waals surface area contributed by atoms with Crippen molar-refractivity contribution in [3.8, 4) is 0 Å². The summed E-state index contributed by atoms with van der Waals surface area (Å²) in [5.41, 5.74) is 2.66. The number of Topliss-reactive ketones (excluding diaryl/α,β-unsaturated/α-hetero) is 1. The summed E-state index contributed by atoms with van der Waals surface area (Å²) in [6.07, 6.45) is 8.90. The maximum Gasteiger partial charge on any atom is 0.218 e. The summed E-state index contributed by atoms with van der Waals surface area (Å²) in [6.45, 7) is 17.8. The highest BCUT2D eigenvalue weighted by atomic mass is 32.2. The minimum atomic E-state index is -0.418. The van der Waals surface area contributed by atoms with E-state index >= 15 is 0 Å². The fourth-order valence-electron chi connectivity index (χ4n) is 4.31. The van der Waals surface area contributed by atoms with E-state index in [4.69, 9.17) is 0 Å². The summed E-state index contributed by atoms with van der Waals surface area (Å²) in [4.78, 5) is 18.5. The molecule has 34 heavy (non-hydrogen) atoms. The second kappa shape index (κ2) is 11.4. The lowest BCUT2D eigenvalue weighted by Crippen LogP contribution is -2.32. The molecule has 0 fully saturated rings. The topological polar surface area (TPSA) is 37.3 Å². The van der Waals surface area contributed by atoms with Crippen LogP contribution in [0.25, 0.3) is 0 Å². The first kappa shape index (κ1) is 26.9. The van der Waals surface area contributed by atoms with Crippen LogP contribution in [0.5, 0.6) is 0 Å². The number of rotatable bonds is 9. The van der Waals surface area contributed by atoms with Crippen LogP contribution in [0.15, 0.2) is 57.1 Å². The van der Waals surface area contributed by atoms with Gasteiger partial charge >= 0.3 is 0 Å². The number of allylic oxidation sites excluding steroid dienone is 8. The van der Waals surface area contributed by atoms with Crippen LogP contribution in [-0.2, 0) is 24.1 Å². The molecule has 1 aliphatic carbocycles. The molecule has 2 heterocycles. The molecule has 0 aromatic carbocycles. The average molecular weight is 498 g/mol. The third-order valence-corrected chi connectivity index (χ3v) is 8.85. The predicted molar refractivity (Wildman–Crippen MR) is 149 cm³/mol. The zero-order valence-corrected chi connectivity index (χ0v) is 23.7. The molecule has 1 unspecified atom stereocenters. The van der Waals surface area contributed by atoms with Crippen LogP contribution >= 0.6 is 23.1 Å². The minimum Gasteiger partial charge on any atom is -0.511 e. The van der Waals surface area contributed by atoms with Gasteiger partial charge in [-0.25, -0.2) is 0 Å². The van der Waals surface area contributed by atoms with E-state index in [-0.39, 0.29) is 11.5 Å². The molecule has 1 aliphatic heterocycles. The van der Waals surface area contributed by atoms with Gasteiger partial charge in [0.05, 0.1) is 11.5 Å². The summed E-state index contributed by atoms with van der Waals surface area (Å²) in [5, 5.41) is 10.9. The second-order valence-electron chi connectivity index (χ2n) is 11.2. The molecule has 0 radical (unpaired) electrons. The second-order valence-corrected chi connectivity index (χ2v) is 13.6. The molecular formula is C30H41O2S2+. The minimum absolute atomic E-state index is 0.0607. The zero-order valence-electron chi connectivity index (χ0n) is 22.1. The van der Waals surface area contributed by atoms with Crippen LogP contribution in [0.3, 0.4) is 0 Å². The highest BCUT2D eigenvalue weighted by molar-refractivity contribution is 8.06. The van der Waals surface area contributed by atoms with Gasteiger partial charge in [0.25, 0.3) is 0 Å². The molecule has 0 saturated carbocycles. The van der Waals surface area contributed by atoms with Gasteiger partial charge in [-0.3, -0.25) is 4.79 Å². The SMILES string of the molecule is CC(C)Cc1cc(CC2C(=O)C(C=C3C=C(C(C)C)SC(C(C)C)=C3)=C2O)cc(CC(C)C)[s+]1. The highest BCUT2D eigenvalue weighted by Crippen LogP contribution is 2.42. The van der Waals surface area contributed by atoms with Crippen molar-refractivity contribution in [2.75, 3.05) is 0 Å². The molecule has 0 bridgehead atoms. The van der Waals surface area contributed by atoms with Gasteiger partial charge in [-0.1, -0.05) is 67.2 Å². The molecular weight excluding hydrogens is 456 g/mol. The Morgan fingerprint density at radius 3 is 1.82 bits per heavy atom. The third kappa shape index (κ3) is 6.73.